The Balaban J connectivity index is 2.63. The summed E-state index contributed by atoms with van der Waals surface area (Å²) in [4.78, 5) is 25.9. The number of benzene rings is 1. The molecule has 0 saturated heterocycles. The Kier molecular flexibility index (Phi) is 6.37. The van der Waals surface area contributed by atoms with E-state index in [0.717, 1.165) is 4.47 Å². The van der Waals surface area contributed by atoms with Crippen LogP contribution in [0.4, 0.5) is 0 Å². The molecule has 0 aromatic heterocycles. The van der Waals surface area contributed by atoms with E-state index < -0.39 is 0 Å². The molecule has 0 aliphatic carbocycles. The van der Waals surface area contributed by atoms with Gasteiger partial charge in [0.25, 0.3) is 5.91 Å². The van der Waals surface area contributed by atoms with Crippen LogP contribution in [0.3, 0.4) is 0 Å². The Hall–Kier alpha value is -1.01. The molecule has 0 unspecified atom stereocenters. The Morgan fingerprint density at radius 1 is 1.32 bits per heavy atom. The minimum atomic E-state index is -0.294. The highest BCUT2D eigenvalue weighted by Crippen LogP contribution is 2.19. The molecule has 0 atom stereocenters. The topological polar surface area (TPSA) is 49.4 Å². The van der Waals surface area contributed by atoms with Gasteiger partial charge in [-0.1, -0.05) is 15.9 Å². The van der Waals surface area contributed by atoms with Gasteiger partial charge in [0.05, 0.1) is 12.1 Å². The molecule has 104 valence electrons. The number of likely N-dealkylation sites (N-methyl/N-ethyl adjacent to an activating group) is 1. The highest BCUT2D eigenvalue weighted by Gasteiger charge is 2.13. The molecule has 0 saturated carbocycles. The molecule has 1 aromatic rings. The Bertz CT molecular complexity index is 476. The van der Waals surface area contributed by atoms with Gasteiger partial charge in [-0.15, -0.1) is 12.6 Å². The summed E-state index contributed by atoms with van der Waals surface area (Å²) < 4.78 is 0.855. The van der Waals surface area contributed by atoms with E-state index in [-0.39, 0.29) is 18.4 Å². The molecule has 1 rings (SSSR count). The highest BCUT2D eigenvalue weighted by molar-refractivity contribution is 9.10. The van der Waals surface area contributed by atoms with Crippen LogP contribution in [0.1, 0.15) is 24.2 Å². The lowest BCUT2D eigenvalue weighted by Crippen LogP contribution is -2.40. The number of thiol groups is 1. The van der Waals surface area contributed by atoms with Gasteiger partial charge in [-0.05, 0) is 32.0 Å². The van der Waals surface area contributed by atoms with E-state index in [9.17, 15) is 9.59 Å². The summed E-state index contributed by atoms with van der Waals surface area (Å²) in [7, 11) is 0. The molecule has 0 bridgehead atoms. The van der Waals surface area contributed by atoms with Crippen molar-refractivity contribution in [2.45, 2.75) is 18.7 Å². The van der Waals surface area contributed by atoms with Crippen molar-refractivity contribution in [3.8, 4) is 0 Å². The molecular weight excluding hydrogens is 328 g/mol. The zero-order valence-corrected chi connectivity index (χ0v) is 13.4. The van der Waals surface area contributed by atoms with Gasteiger partial charge >= 0.3 is 0 Å². The van der Waals surface area contributed by atoms with Crippen molar-refractivity contribution in [2.75, 3.05) is 19.6 Å². The van der Waals surface area contributed by atoms with E-state index in [0.29, 0.717) is 23.5 Å². The van der Waals surface area contributed by atoms with Crippen LogP contribution in [0.25, 0.3) is 0 Å². The van der Waals surface area contributed by atoms with E-state index >= 15 is 0 Å². The number of carbonyl (C=O) groups is 2. The van der Waals surface area contributed by atoms with E-state index in [1.165, 1.54) is 0 Å². The minimum Gasteiger partial charge on any atom is -0.343 e. The number of nitrogens with zero attached hydrogens (tertiary/aromatic N) is 1. The fourth-order valence-corrected chi connectivity index (χ4v) is 2.49. The second kappa shape index (κ2) is 7.55. The lowest BCUT2D eigenvalue weighted by Gasteiger charge is -2.18. The summed E-state index contributed by atoms with van der Waals surface area (Å²) in [5.41, 5.74) is 0.457. The molecule has 4 nitrogen and oxygen atoms in total. The molecule has 0 aliphatic rings. The maximum absolute atomic E-state index is 11.9. The molecule has 0 aliphatic heterocycles. The van der Waals surface area contributed by atoms with Crippen LogP contribution in [-0.4, -0.2) is 36.3 Å². The summed E-state index contributed by atoms with van der Waals surface area (Å²) in [6.07, 6.45) is 0. The third kappa shape index (κ3) is 4.54. The molecular formula is C13H17BrN2O2S. The van der Waals surface area contributed by atoms with E-state index in [1.807, 2.05) is 13.8 Å². The first-order chi connectivity index (χ1) is 8.99. The van der Waals surface area contributed by atoms with Crippen molar-refractivity contribution >= 4 is 40.4 Å². The number of nitrogens with one attached hydrogen (secondary N) is 1. The number of halogens is 1. The Morgan fingerprint density at radius 3 is 2.47 bits per heavy atom. The zero-order chi connectivity index (χ0) is 14.4. The molecule has 1 N–H and O–H groups in total. The van der Waals surface area contributed by atoms with Crippen LogP contribution < -0.4 is 5.32 Å². The van der Waals surface area contributed by atoms with Gasteiger partial charge in [-0.25, -0.2) is 0 Å². The molecule has 0 radical (unpaired) electrons. The molecule has 0 fully saturated rings. The second-order valence-corrected chi connectivity index (χ2v) is 5.31. The van der Waals surface area contributed by atoms with Crippen LogP contribution in [0, 0.1) is 0 Å². The van der Waals surface area contributed by atoms with Crippen molar-refractivity contribution in [2.24, 2.45) is 0 Å². The summed E-state index contributed by atoms with van der Waals surface area (Å²) in [5, 5.41) is 2.61. The van der Waals surface area contributed by atoms with Crippen molar-refractivity contribution in [3.63, 3.8) is 0 Å². The van der Waals surface area contributed by atoms with Gasteiger partial charge in [-0.3, -0.25) is 9.59 Å². The first-order valence-corrected chi connectivity index (χ1v) is 7.28. The van der Waals surface area contributed by atoms with Crippen LogP contribution in [0.15, 0.2) is 27.6 Å². The average Bonchev–Trinajstić information content (AvgIpc) is 2.37. The van der Waals surface area contributed by atoms with Gasteiger partial charge in [0.1, 0.15) is 0 Å². The van der Waals surface area contributed by atoms with Gasteiger partial charge in [-0.2, -0.15) is 0 Å². The molecule has 19 heavy (non-hydrogen) atoms. The average molecular weight is 345 g/mol. The van der Waals surface area contributed by atoms with Crippen LogP contribution in [0.5, 0.6) is 0 Å². The third-order valence-electron chi connectivity index (χ3n) is 2.72. The van der Waals surface area contributed by atoms with E-state index in [2.05, 4.69) is 33.9 Å². The van der Waals surface area contributed by atoms with Crippen LogP contribution >= 0.6 is 28.6 Å². The summed E-state index contributed by atoms with van der Waals surface area (Å²) >= 11 is 7.55. The lowest BCUT2D eigenvalue weighted by atomic mass is 10.2. The van der Waals surface area contributed by atoms with Crippen molar-refractivity contribution in [1.82, 2.24) is 10.2 Å². The minimum absolute atomic E-state index is 0.00376. The maximum Gasteiger partial charge on any atom is 0.252 e. The predicted octanol–water partition coefficient (Wildman–Crippen LogP) is 2.34. The second-order valence-electron chi connectivity index (χ2n) is 3.91. The number of hydrogen-bond acceptors (Lipinski definition) is 3. The summed E-state index contributed by atoms with van der Waals surface area (Å²) in [6, 6.07) is 5.18. The first-order valence-electron chi connectivity index (χ1n) is 6.04. The van der Waals surface area contributed by atoms with Gasteiger partial charge in [0.2, 0.25) is 5.91 Å². The summed E-state index contributed by atoms with van der Waals surface area (Å²) in [6.45, 7) is 5.10. The first kappa shape index (κ1) is 16.0. The molecule has 0 heterocycles. The summed E-state index contributed by atoms with van der Waals surface area (Å²) in [5.74, 6) is -0.380. The van der Waals surface area contributed by atoms with Gasteiger partial charge in [0, 0.05) is 22.5 Å². The zero-order valence-electron chi connectivity index (χ0n) is 10.9. The number of hydrogen-bond donors (Lipinski definition) is 2. The third-order valence-corrected chi connectivity index (χ3v) is 3.58. The van der Waals surface area contributed by atoms with Crippen LogP contribution in [-0.2, 0) is 4.79 Å². The number of carbonyl (C=O) groups excluding carboxylic acids is 2. The van der Waals surface area contributed by atoms with E-state index in [1.54, 1.807) is 23.1 Å². The monoisotopic (exact) mass is 344 g/mol. The molecule has 0 spiro atoms. The smallest absolute Gasteiger partial charge is 0.252 e. The predicted molar refractivity (Wildman–Crippen MR) is 81.7 cm³/mol. The normalized spacial score (nSPS) is 10.1. The molecule has 2 amide bonds. The van der Waals surface area contributed by atoms with Gasteiger partial charge in [0.15, 0.2) is 0 Å². The Labute approximate surface area is 127 Å². The quantitative estimate of drug-likeness (QED) is 0.805. The SMILES string of the molecule is CCN(CC)C(=O)CNC(=O)c1ccc(Br)cc1S. The lowest BCUT2D eigenvalue weighted by molar-refractivity contribution is -0.129. The molecule has 1 aromatic carbocycles. The number of rotatable bonds is 5. The Morgan fingerprint density at radius 2 is 1.95 bits per heavy atom. The highest BCUT2D eigenvalue weighted by atomic mass is 79.9. The fourth-order valence-electron chi connectivity index (χ4n) is 1.64. The van der Waals surface area contributed by atoms with Crippen molar-refractivity contribution in [3.05, 3.63) is 28.2 Å². The number of amides is 2. The maximum atomic E-state index is 11.9. The van der Waals surface area contributed by atoms with Crippen molar-refractivity contribution < 1.29 is 9.59 Å². The van der Waals surface area contributed by atoms with Gasteiger partial charge < -0.3 is 10.2 Å². The fraction of sp³-hybridized carbons (Fsp3) is 0.385. The van der Waals surface area contributed by atoms with Crippen LogP contribution in [0.2, 0.25) is 0 Å². The van der Waals surface area contributed by atoms with Crippen molar-refractivity contribution in [1.29, 1.82) is 0 Å². The largest absolute Gasteiger partial charge is 0.343 e. The molecule has 6 heteroatoms. The van der Waals surface area contributed by atoms with E-state index in [4.69, 9.17) is 0 Å². The standard InChI is InChI=1S/C13H17BrN2O2S/c1-3-16(4-2)12(17)8-15-13(18)10-6-5-9(14)7-11(10)19/h5-7,19H,3-4,8H2,1-2H3,(H,15,18).